The van der Waals surface area contributed by atoms with Gasteiger partial charge in [-0.3, -0.25) is 0 Å². The van der Waals surface area contributed by atoms with Crippen LogP contribution in [0.25, 0.3) is 0 Å². The average Bonchev–Trinajstić information content (AvgIpc) is 2.24. The van der Waals surface area contributed by atoms with Gasteiger partial charge in [-0.05, 0) is 26.0 Å². The third-order valence-corrected chi connectivity index (χ3v) is 2.18. The Labute approximate surface area is 103 Å². The summed E-state index contributed by atoms with van der Waals surface area (Å²) in [5.41, 5.74) is 1.44. The predicted octanol–water partition coefficient (Wildman–Crippen LogP) is 2.96. The number of ether oxygens (including phenoxy) is 2. The maximum absolute atomic E-state index is 11.8. The van der Waals surface area contributed by atoms with E-state index in [-0.39, 0.29) is 0 Å². The molecule has 0 aliphatic carbocycles. The molecule has 102 valence electrons. The van der Waals surface area contributed by atoms with Crippen LogP contribution < -0.4 is 4.74 Å². The number of aliphatic hydroxyl groups excluding tert-OH is 1. The molecule has 0 aliphatic heterocycles. The van der Waals surface area contributed by atoms with Crippen molar-refractivity contribution < 1.29 is 27.8 Å². The van der Waals surface area contributed by atoms with Gasteiger partial charge in [0.2, 0.25) is 0 Å². The molecule has 1 rings (SSSR count). The van der Waals surface area contributed by atoms with E-state index in [9.17, 15) is 18.3 Å². The summed E-state index contributed by atoms with van der Waals surface area (Å²) in [6.07, 6.45) is -5.13. The Morgan fingerprint density at radius 3 is 2.56 bits per heavy atom. The smallest absolute Gasteiger partial charge is 0.411 e. The molecule has 3 nitrogen and oxygen atoms in total. The van der Waals surface area contributed by atoms with Gasteiger partial charge in [0, 0.05) is 5.56 Å². The zero-order valence-corrected chi connectivity index (χ0v) is 10.1. The molecule has 1 aromatic carbocycles. The summed E-state index contributed by atoms with van der Waals surface area (Å²) in [5, 5.41) is 9.51. The molecule has 0 saturated heterocycles. The molecular formula is C12H15F3O3. The number of alkyl halides is 3. The van der Waals surface area contributed by atoms with Crippen molar-refractivity contribution in [1.82, 2.24) is 0 Å². The van der Waals surface area contributed by atoms with E-state index in [1.165, 1.54) is 0 Å². The van der Waals surface area contributed by atoms with Crippen LogP contribution in [-0.4, -0.2) is 24.7 Å². The van der Waals surface area contributed by atoms with E-state index >= 15 is 0 Å². The van der Waals surface area contributed by atoms with Crippen LogP contribution in [0, 0.1) is 6.92 Å². The molecule has 0 aromatic heterocycles. The normalized spacial score (nSPS) is 13.4. The molecule has 0 bridgehead atoms. The minimum atomic E-state index is -4.37. The van der Waals surface area contributed by atoms with E-state index in [1.807, 2.05) is 6.92 Å². The molecule has 18 heavy (non-hydrogen) atoms. The van der Waals surface area contributed by atoms with Gasteiger partial charge in [0.25, 0.3) is 0 Å². The highest BCUT2D eigenvalue weighted by atomic mass is 19.4. The van der Waals surface area contributed by atoms with Crippen LogP contribution in [-0.2, 0) is 4.74 Å². The molecule has 0 saturated carbocycles. The topological polar surface area (TPSA) is 38.7 Å². The molecule has 1 atom stereocenters. The van der Waals surface area contributed by atoms with Gasteiger partial charge in [0.15, 0.2) is 6.79 Å². The van der Waals surface area contributed by atoms with Crippen LogP contribution in [0.5, 0.6) is 5.75 Å². The fraction of sp³-hybridized carbons (Fsp3) is 0.500. The summed E-state index contributed by atoms with van der Waals surface area (Å²) in [7, 11) is 0. The lowest BCUT2D eigenvalue weighted by molar-refractivity contribution is -0.186. The second-order valence-electron chi connectivity index (χ2n) is 3.94. The Morgan fingerprint density at radius 1 is 1.33 bits per heavy atom. The molecule has 0 unspecified atom stereocenters. The van der Waals surface area contributed by atoms with Gasteiger partial charge in [0.1, 0.15) is 12.4 Å². The quantitative estimate of drug-likeness (QED) is 0.656. The molecule has 1 N–H and O–H groups in total. The monoisotopic (exact) mass is 264 g/mol. The third kappa shape index (κ3) is 4.93. The minimum Gasteiger partial charge on any atom is -0.467 e. The van der Waals surface area contributed by atoms with E-state index in [1.54, 1.807) is 25.1 Å². The highest BCUT2D eigenvalue weighted by Crippen LogP contribution is 2.26. The van der Waals surface area contributed by atoms with E-state index < -0.39 is 25.7 Å². The van der Waals surface area contributed by atoms with E-state index in [2.05, 4.69) is 4.74 Å². The standard InChI is InChI=1S/C12H15F3O3/c1-8-3-4-11(10(5-8)9(2)16)18-7-17-6-12(13,14)15/h3-5,9,16H,6-7H2,1-2H3/t9-/m0/s1. The molecule has 0 amide bonds. The fourth-order valence-corrected chi connectivity index (χ4v) is 1.39. The molecule has 0 aliphatic rings. The first-order valence-corrected chi connectivity index (χ1v) is 5.35. The minimum absolute atomic E-state index is 0.317. The highest BCUT2D eigenvalue weighted by molar-refractivity contribution is 5.38. The van der Waals surface area contributed by atoms with Crippen molar-refractivity contribution in [3.63, 3.8) is 0 Å². The molecule has 0 heterocycles. The number of hydrogen-bond acceptors (Lipinski definition) is 3. The second kappa shape index (κ2) is 6.06. The summed E-state index contributed by atoms with van der Waals surface area (Å²) in [4.78, 5) is 0. The van der Waals surface area contributed by atoms with Crippen LogP contribution in [0.3, 0.4) is 0 Å². The number of aliphatic hydroxyl groups is 1. The van der Waals surface area contributed by atoms with Gasteiger partial charge < -0.3 is 14.6 Å². The van der Waals surface area contributed by atoms with Gasteiger partial charge in [0.05, 0.1) is 6.10 Å². The van der Waals surface area contributed by atoms with Gasteiger partial charge >= 0.3 is 6.18 Å². The van der Waals surface area contributed by atoms with Crippen LogP contribution in [0.15, 0.2) is 18.2 Å². The zero-order valence-electron chi connectivity index (χ0n) is 10.1. The second-order valence-corrected chi connectivity index (χ2v) is 3.94. The maximum atomic E-state index is 11.8. The Bertz CT molecular complexity index is 389. The Kier molecular flexibility index (Phi) is 4.98. The number of aryl methyl sites for hydroxylation is 1. The summed E-state index contributed by atoms with van der Waals surface area (Å²) in [6, 6.07) is 5.04. The van der Waals surface area contributed by atoms with E-state index in [0.717, 1.165) is 5.56 Å². The van der Waals surface area contributed by atoms with Gasteiger partial charge in [-0.2, -0.15) is 13.2 Å². The van der Waals surface area contributed by atoms with E-state index in [0.29, 0.717) is 11.3 Å². The van der Waals surface area contributed by atoms with Crippen LogP contribution in [0.2, 0.25) is 0 Å². The summed E-state index contributed by atoms with van der Waals surface area (Å²) in [5.74, 6) is 0.317. The molecule has 0 radical (unpaired) electrons. The number of hydrogen-bond donors (Lipinski definition) is 1. The Hall–Kier alpha value is -1.27. The molecule has 1 aromatic rings. The van der Waals surface area contributed by atoms with Crippen LogP contribution in [0.1, 0.15) is 24.2 Å². The van der Waals surface area contributed by atoms with Crippen LogP contribution >= 0.6 is 0 Å². The fourth-order valence-electron chi connectivity index (χ4n) is 1.39. The van der Waals surface area contributed by atoms with Crippen LogP contribution in [0.4, 0.5) is 13.2 Å². The molecule has 0 fully saturated rings. The maximum Gasteiger partial charge on any atom is 0.411 e. The number of rotatable bonds is 5. The van der Waals surface area contributed by atoms with Crippen molar-refractivity contribution in [2.75, 3.05) is 13.4 Å². The van der Waals surface area contributed by atoms with E-state index in [4.69, 9.17) is 4.74 Å². The first kappa shape index (κ1) is 14.8. The summed E-state index contributed by atoms with van der Waals surface area (Å²) >= 11 is 0. The summed E-state index contributed by atoms with van der Waals surface area (Å²) in [6.45, 7) is 1.53. The van der Waals surface area contributed by atoms with Crippen molar-refractivity contribution in [2.24, 2.45) is 0 Å². The average molecular weight is 264 g/mol. The molecular weight excluding hydrogens is 249 g/mol. The van der Waals surface area contributed by atoms with Crippen molar-refractivity contribution in [1.29, 1.82) is 0 Å². The molecule has 0 spiro atoms. The van der Waals surface area contributed by atoms with Crippen molar-refractivity contribution in [2.45, 2.75) is 26.1 Å². The lowest BCUT2D eigenvalue weighted by Gasteiger charge is -2.14. The number of benzene rings is 1. The van der Waals surface area contributed by atoms with Crippen molar-refractivity contribution >= 4 is 0 Å². The zero-order chi connectivity index (χ0) is 13.8. The summed E-state index contributed by atoms with van der Waals surface area (Å²) < 4.78 is 44.9. The third-order valence-electron chi connectivity index (χ3n) is 2.18. The molecule has 6 heteroatoms. The Balaban J connectivity index is 2.57. The Morgan fingerprint density at radius 2 is 2.00 bits per heavy atom. The highest BCUT2D eigenvalue weighted by Gasteiger charge is 2.27. The SMILES string of the molecule is Cc1ccc(OCOCC(F)(F)F)c([C@H](C)O)c1. The lowest BCUT2D eigenvalue weighted by atomic mass is 10.1. The largest absolute Gasteiger partial charge is 0.467 e. The number of halogens is 3. The first-order chi connectivity index (χ1) is 8.29. The lowest BCUT2D eigenvalue weighted by Crippen LogP contribution is -2.19. The van der Waals surface area contributed by atoms with Gasteiger partial charge in [-0.25, -0.2) is 0 Å². The van der Waals surface area contributed by atoms with Crippen molar-refractivity contribution in [3.8, 4) is 5.75 Å². The first-order valence-electron chi connectivity index (χ1n) is 5.35. The van der Waals surface area contributed by atoms with Crippen molar-refractivity contribution in [3.05, 3.63) is 29.3 Å². The van der Waals surface area contributed by atoms with Gasteiger partial charge in [-0.15, -0.1) is 0 Å². The predicted molar refractivity (Wildman–Crippen MR) is 59.3 cm³/mol. The van der Waals surface area contributed by atoms with Gasteiger partial charge in [-0.1, -0.05) is 11.6 Å².